The van der Waals surface area contributed by atoms with Gasteiger partial charge in [-0.25, -0.2) is 0 Å². The molecule has 0 saturated heterocycles. The number of aryl methyl sites for hydroxylation is 2. The Morgan fingerprint density at radius 1 is 1.09 bits per heavy atom. The number of fused-ring (bicyclic) bond motifs is 2. The number of phenols is 1. The monoisotopic (exact) mass is 431 g/mol. The largest absolute Gasteiger partial charge is 0.504 e. The van der Waals surface area contributed by atoms with Crippen molar-refractivity contribution in [1.82, 2.24) is 4.90 Å². The first kappa shape index (κ1) is 19.9. The number of nitrogens with zero attached hydrogens (tertiary/aromatic N) is 1. The number of aromatic hydroxyl groups is 1. The van der Waals surface area contributed by atoms with Gasteiger partial charge in [0.2, 0.25) is 5.76 Å². The molecule has 5 rings (SSSR count). The molecule has 32 heavy (non-hydrogen) atoms. The highest BCUT2D eigenvalue weighted by molar-refractivity contribution is 5.99. The number of carbonyl (C=O) groups is 1. The Hall–Kier alpha value is -4.00. The van der Waals surface area contributed by atoms with Gasteiger partial charge in [0.05, 0.1) is 36.9 Å². The van der Waals surface area contributed by atoms with Gasteiger partial charge in [-0.1, -0.05) is 6.07 Å². The Morgan fingerprint density at radius 3 is 2.59 bits per heavy atom. The van der Waals surface area contributed by atoms with E-state index in [0.717, 1.165) is 11.1 Å². The molecule has 0 aliphatic carbocycles. The lowest BCUT2D eigenvalue weighted by Crippen LogP contribution is -2.29. The molecule has 0 saturated carbocycles. The van der Waals surface area contributed by atoms with Gasteiger partial charge in [0.15, 0.2) is 16.9 Å². The maximum absolute atomic E-state index is 13.6. The van der Waals surface area contributed by atoms with Crippen molar-refractivity contribution in [3.63, 3.8) is 0 Å². The summed E-state index contributed by atoms with van der Waals surface area (Å²) < 4.78 is 16.7. The topological polar surface area (TPSA) is 93.1 Å². The predicted molar refractivity (Wildman–Crippen MR) is 117 cm³/mol. The molecule has 1 aliphatic heterocycles. The molecular weight excluding hydrogens is 410 g/mol. The van der Waals surface area contributed by atoms with Crippen LogP contribution in [0.1, 0.15) is 44.6 Å². The van der Waals surface area contributed by atoms with Gasteiger partial charge >= 0.3 is 0 Å². The Balaban J connectivity index is 1.77. The molecule has 7 nitrogen and oxygen atoms in total. The van der Waals surface area contributed by atoms with E-state index in [-0.39, 0.29) is 34.8 Å². The van der Waals surface area contributed by atoms with E-state index in [1.807, 2.05) is 13.8 Å². The lowest BCUT2D eigenvalue weighted by Gasteiger charge is -2.24. The quantitative estimate of drug-likeness (QED) is 0.513. The van der Waals surface area contributed by atoms with Crippen LogP contribution in [-0.2, 0) is 6.54 Å². The van der Waals surface area contributed by atoms with Crippen LogP contribution in [0.4, 0.5) is 0 Å². The van der Waals surface area contributed by atoms with E-state index in [1.54, 1.807) is 41.3 Å². The minimum Gasteiger partial charge on any atom is -0.504 e. The number of phenolic OH excluding ortho intramolecular Hbond substituents is 1. The fourth-order valence-electron chi connectivity index (χ4n) is 4.22. The van der Waals surface area contributed by atoms with Gasteiger partial charge in [-0.05, 0) is 66.9 Å². The van der Waals surface area contributed by atoms with Gasteiger partial charge in [0.1, 0.15) is 11.3 Å². The number of ether oxygens (including phenoxy) is 1. The van der Waals surface area contributed by atoms with Crippen LogP contribution in [0.2, 0.25) is 0 Å². The van der Waals surface area contributed by atoms with Crippen LogP contribution in [0.15, 0.2) is 62.4 Å². The predicted octanol–water partition coefficient (Wildman–Crippen LogP) is 4.46. The average molecular weight is 431 g/mol. The third kappa shape index (κ3) is 2.97. The standard InChI is InChI=1S/C25H21NO6/c1-13-9-17-19(10-14(13)2)32-24-21(23(17)28)22(15-6-7-18(27)20(11-15)30-3)26(25(24)29)12-16-5-4-8-31-16/h4-11,22,27H,12H2,1-3H3/t22-/m1/s1. The molecule has 4 aromatic rings. The highest BCUT2D eigenvalue weighted by atomic mass is 16.5. The molecule has 3 heterocycles. The summed E-state index contributed by atoms with van der Waals surface area (Å²) in [4.78, 5) is 28.6. The molecule has 0 radical (unpaired) electrons. The molecule has 7 heteroatoms. The van der Waals surface area contributed by atoms with Gasteiger partial charge < -0.3 is 23.6 Å². The highest BCUT2D eigenvalue weighted by Crippen LogP contribution is 2.41. The van der Waals surface area contributed by atoms with Crippen molar-refractivity contribution in [2.45, 2.75) is 26.4 Å². The van der Waals surface area contributed by atoms with E-state index >= 15 is 0 Å². The molecule has 2 aromatic carbocycles. The summed E-state index contributed by atoms with van der Waals surface area (Å²) in [6, 6.07) is 11.1. The zero-order chi connectivity index (χ0) is 22.6. The van der Waals surface area contributed by atoms with Crippen LogP contribution in [0.25, 0.3) is 11.0 Å². The van der Waals surface area contributed by atoms with Gasteiger partial charge in [0, 0.05) is 0 Å². The molecule has 0 fully saturated rings. The van der Waals surface area contributed by atoms with Crippen molar-refractivity contribution in [3.05, 3.63) is 92.7 Å². The van der Waals surface area contributed by atoms with Gasteiger partial charge in [-0.3, -0.25) is 9.59 Å². The Bertz CT molecular complexity index is 1420. The zero-order valence-corrected chi connectivity index (χ0v) is 17.8. The summed E-state index contributed by atoms with van der Waals surface area (Å²) in [7, 11) is 1.44. The van der Waals surface area contributed by atoms with Crippen molar-refractivity contribution < 1.29 is 23.5 Å². The first-order chi connectivity index (χ1) is 15.4. The molecule has 1 N–H and O–H groups in total. The van der Waals surface area contributed by atoms with Crippen LogP contribution in [-0.4, -0.2) is 23.0 Å². The maximum atomic E-state index is 13.6. The molecular formula is C25H21NO6. The molecule has 1 aliphatic rings. The fraction of sp³-hybridized carbons (Fsp3) is 0.200. The smallest absolute Gasteiger partial charge is 0.291 e. The first-order valence-corrected chi connectivity index (χ1v) is 10.2. The van der Waals surface area contributed by atoms with Crippen molar-refractivity contribution in [2.75, 3.05) is 7.11 Å². The Morgan fingerprint density at radius 2 is 1.88 bits per heavy atom. The normalized spacial score (nSPS) is 15.4. The number of benzene rings is 2. The molecule has 162 valence electrons. The van der Waals surface area contributed by atoms with Crippen LogP contribution < -0.4 is 10.2 Å². The Labute approximate surface area is 183 Å². The van der Waals surface area contributed by atoms with Gasteiger partial charge in [0.25, 0.3) is 5.91 Å². The fourth-order valence-corrected chi connectivity index (χ4v) is 4.22. The van der Waals surface area contributed by atoms with Crippen molar-refractivity contribution in [1.29, 1.82) is 0 Å². The van der Waals surface area contributed by atoms with Crippen molar-refractivity contribution in [2.24, 2.45) is 0 Å². The Kier molecular flexibility index (Phi) is 4.55. The van der Waals surface area contributed by atoms with E-state index < -0.39 is 11.9 Å². The number of hydrogen-bond acceptors (Lipinski definition) is 6. The van der Waals surface area contributed by atoms with Crippen molar-refractivity contribution in [3.8, 4) is 11.5 Å². The van der Waals surface area contributed by atoms with E-state index in [1.165, 1.54) is 19.4 Å². The van der Waals surface area contributed by atoms with E-state index in [9.17, 15) is 14.7 Å². The highest BCUT2D eigenvalue weighted by Gasteiger charge is 2.43. The molecule has 1 atom stereocenters. The summed E-state index contributed by atoms with van der Waals surface area (Å²) in [5.74, 6) is 0.415. The second-order valence-corrected chi connectivity index (χ2v) is 7.95. The minimum absolute atomic E-state index is 0.0225. The zero-order valence-electron chi connectivity index (χ0n) is 17.8. The van der Waals surface area contributed by atoms with Crippen LogP contribution in [0.3, 0.4) is 0 Å². The lowest BCUT2D eigenvalue weighted by atomic mass is 9.97. The average Bonchev–Trinajstić information content (AvgIpc) is 3.38. The minimum atomic E-state index is -0.723. The molecule has 0 unspecified atom stereocenters. The third-order valence-electron chi connectivity index (χ3n) is 6.01. The molecule has 1 amide bonds. The molecule has 2 aromatic heterocycles. The van der Waals surface area contributed by atoms with E-state index in [2.05, 4.69) is 0 Å². The van der Waals surface area contributed by atoms with Gasteiger partial charge in [-0.15, -0.1) is 0 Å². The number of hydrogen-bond donors (Lipinski definition) is 1. The SMILES string of the molecule is COc1cc([C@@H]2c3c(oc4cc(C)c(C)cc4c3=O)C(=O)N2Cc2ccco2)ccc1O. The van der Waals surface area contributed by atoms with E-state index in [4.69, 9.17) is 13.6 Å². The van der Waals surface area contributed by atoms with Gasteiger partial charge in [-0.2, -0.15) is 0 Å². The maximum Gasteiger partial charge on any atom is 0.291 e. The lowest BCUT2D eigenvalue weighted by molar-refractivity contribution is 0.0701. The third-order valence-corrected chi connectivity index (χ3v) is 6.01. The molecule has 0 bridgehead atoms. The number of amides is 1. The second-order valence-electron chi connectivity index (χ2n) is 7.95. The van der Waals surface area contributed by atoms with Crippen LogP contribution in [0.5, 0.6) is 11.5 Å². The summed E-state index contributed by atoms with van der Waals surface area (Å²) in [6.45, 7) is 4.01. The summed E-state index contributed by atoms with van der Waals surface area (Å²) in [5.41, 5.74) is 2.95. The van der Waals surface area contributed by atoms with Crippen LogP contribution >= 0.6 is 0 Å². The summed E-state index contributed by atoms with van der Waals surface area (Å²) in [5, 5.41) is 10.5. The number of rotatable bonds is 4. The summed E-state index contributed by atoms with van der Waals surface area (Å²) >= 11 is 0. The summed E-state index contributed by atoms with van der Waals surface area (Å²) in [6.07, 6.45) is 1.53. The number of furan rings is 1. The van der Waals surface area contributed by atoms with Crippen molar-refractivity contribution >= 4 is 16.9 Å². The molecule has 0 spiro atoms. The first-order valence-electron chi connectivity index (χ1n) is 10.2. The van der Waals surface area contributed by atoms with E-state index in [0.29, 0.717) is 22.3 Å². The van der Waals surface area contributed by atoms with Crippen LogP contribution in [0, 0.1) is 13.8 Å². The second kappa shape index (κ2) is 7.30. The number of carbonyl (C=O) groups excluding carboxylic acids is 1. The number of methoxy groups -OCH3 is 1.